The standard InChI is InChI=1S/C16H25NO4Si/c1-12(18)11-15(21-22(5,6)16(2,3)4)13-7-9-14(10-8-13)17(19)20/h7-10,15H,11H2,1-6H3. The summed E-state index contributed by atoms with van der Waals surface area (Å²) in [5.74, 6) is 0.0436. The van der Waals surface area contributed by atoms with E-state index in [0.717, 1.165) is 5.56 Å². The van der Waals surface area contributed by atoms with Crippen LogP contribution in [0.1, 0.15) is 45.8 Å². The summed E-state index contributed by atoms with van der Waals surface area (Å²) in [6.07, 6.45) is -0.0659. The molecule has 0 heterocycles. The van der Waals surface area contributed by atoms with Crippen LogP contribution in [0.25, 0.3) is 0 Å². The van der Waals surface area contributed by atoms with Crippen LogP contribution < -0.4 is 0 Å². The number of nitro groups is 1. The molecule has 1 atom stereocenters. The van der Waals surface area contributed by atoms with E-state index in [2.05, 4.69) is 33.9 Å². The van der Waals surface area contributed by atoms with Gasteiger partial charge >= 0.3 is 0 Å². The highest BCUT2D eigenvalue weighted by Crippen LogP contribution is 2.40. The van der Waals surface area contributed by atoms with Gasteiger partial charge in [-0.05, 0) is 42.8 Å². The first-order valence-corrected chi connectivity index (χ1v) is 10.3. The van der Waals surface area contributed by atoms with Gasteiger partial charge in [0.15, 0.2) is 8.32 Å². The summed E-state index contributed by atoms with van der Waals surface area (Å²) in [5, 5.41) is 10.8. The summed E-state index contributed by atoms with van der Waals surface area (Å²) in [5.41, 5.74) is 0.850. The minimum atomic E-state index is -2.04. The van der Waals surface area contributed by atoms with Crippen molar-refractivity contribution in [1.82, 2.24) is 0 Å². The van der Waals surface area contributed by atoms with Crippen molar-refractivity contribution in [1.29, 1.82) is 0 Å². The van der Waals surface area contributed by atoms with Gasteiger partial charge in [-0.25, -0.2) is 0 Å². The normalized spacial score (nSPS) is 13.7. The van der Waals surface area contributed by atoms with Crippen molar-refractivity contribution in [2.45, 2.75) is 58.4 Å². The number of hydrogen-bond acceptors (Lipinski definition) is 4. The first-order valence-electron chi connectivity index (χ1n) is 7.35. The Morgan fingerprint density at radius 1 is 1.27 bits per heavy atom. The summed E-state index contributed by atoms with van der Waals surface area (Å²) < 4.78 is 6.35. The molecule has 22 heavy (non-hydrogen) atoms. The van der Waals surface area contributed by atoms with Crippen LogP contribution >= 0.6 is 0 Å². The second-order valence-electron chi connectivity index (χ2n) is 7.12. The number of rotatable bonds is 6. The highest BCUT2D eigenvalue weighted by atomic mass is 28.4. The molecule has 122 valence electrons. The summed E-state index contributed by atoms with van der Waals surface area (Å²) in [6.45, 7) is 12.2. The lowest BCUT2D eigenvalue weighted by Crippen LogP contribution is -2.42. The number of Topliss-reactive ketones (excluding diaryl/α,β-unsaturated/α-hetero) is 1. The summed E-state index contributed by atoms with van der Waals surface area (Å²) in [6, 6.07) is 6.27. The Kier molecular flexibility index (Phi) is 5.64. The molecule has 0 N–H and O–H groups in total. The molecule has 0 amide bonds. The summed E-state index contributed by atoms with van der Waals surface area (Å²) >= 11 is 0. The molecule has 6 heteroatoms. The number of ketones is 1. The lowest BCUT2D eigenvalue weighted by molar-refractivity contribution is -0.384. The van der Waals surface area contributed by atoms with Crippen molar-refractivity contribution in [3.05, 3.63) is 39.9 Å². The predicted molar refractivity (Wildman–Crippen MR) is 89.4 cm³/mol. The van der Waals surface area contributed by atoms with Crippen LogP contribution in [0.3, 0.4) is 0 Å². The number of carbonyl (C=O) groups excluding carboxylic acids is 1. The van der Waals surface area contributed by atoms with Gasteiger partial charge in [0, 0.05) is 18.6 Å². The molecule has 0 aliphatic rings. The van der Waals surface area contributed by atoms with Gasteiger partial charge in [-0.15, -0.1) is 0 Å². The molecular formula is C16H25NO4Si. The zero-order valence-corrected chi connectivity index (χ0v) is 15.2. The summed E-state index contributed by atoms with van der Waals surface area (Å²) in [7, 11) is -2.04. The molecule has 0 aromatic heterocycles. The van der Waals surface area contributed by atoms with E-state index in [4.69, 9.17) is 4.43 Å². The number of non-ortho nitro benzene ring substituents is 1. The quantitative estimate of drug-likeness (QED) is 0.434. The highest BCUT2D eigenvalue weighted by molar-refractivity contribution is 6.74. The third-order valence-corrected chi connectivity index (χ3v) is 8.68. The molecule has 0 saturated carbocycles. The van der Waals surface area contributed by atoms with Gasteiger partial charge in [-0.2, -0.15) is 0 Å². The largest absolute Gasteiger partial charge is 0.409 e. The average molecular weight is 323 g/mol. The smallest absolute Gasteiger partial charge is 0.269 e. The van der Waals surface area contributed by atoms with Gasteiger partial charge in [0.1, 0.15) is 5.78 Å². The lowest BCUT2D eigenvalue weighted by Gasteiger charge is -2.39. The van der Waals surface area contributed by atoms with Crippen molar-refractivity contribution in [2.24, 2.45) is 0 Å². The molecule has 1 aromatic rings. The SMILES string of the molecule is CC(=O)CC(O[Si](C)(C)C(C)(C)C)c1ccc([N+](=O)[O-])cc1. The number of nitro benzene ring substituents is 1. The fourth-order valence-corrected chi connectivity index (χ4v) is 3.12. The van der Waals surface area contributed by atoms with E-state index in [1.54, 1.807) is 12.1 Å². The second kappa shape index (κ2) is 6.70. The van der Waals surface area contributed by atoms with E-state index in [9.17, 15) is 14.9 Å². The van der Waals surface area contributed by atoms with E-state index in [0.29, 0.717) is 0 Å². The van der Waals surface area contributed by atoms with Crippen LogP contribution in [0.2, 0.25) is 18.1 Å². The van der Waals surface area contributed by atoms with Crippen LogP contribution in [-0.4, -0.2) is 19.0 Å². The zero-order chi connectivity index (χ0) is 17.1. The Labute approximate surface area is 133 Å². The van der Waals surface area contributed by atoms with Crippen LogP contribution in [0.4, 0.5) is 5.69 Å². The topological polar surface area (TPSA) is 69.4 Å². The number of hydrogen-bond donors (Lipinski definition) is 0. The van der Waals surface area contributed by atoms with Crippen molar-refractivity contribution in [2.75, 3.05) is 0 Å². The Bertz CT molecular complexity index is 546. The Morgan fingerprint density at radius 2 is 1.77 bits per heavy atom. The molecule has 0 fully saturated rings. The van der Waals surface area contributed by atoms with Gasteiger partial charge < -0.3 is 4.43 Å². The number of nitrogens with zero attached hydrogens (tertiary/aromatic N) is 1. The number of carbonyl (C=O) groups is 1. The molecule has 1 rings (SSSR count). The van der Waals surface area contributed by atoms with Crippen molar-refractivity contribution < 1.29 is 14.1 Å². The van der Waals surface area contributed by atoms with Crippen LogP contribution in [0.15, 0.2) is 24.3 Å². The van der Waals surface area contributed by atoms with Gasteiger partial charge in [0.05, 0.1) is 11.0 Å². The molecule has 0 saturated heterocycles. The minimum absolute atomic E-state index is 0.0306. The predicted octanol–water partition coefficient (Wildman–Crippen LogP) is 4.64. The zero-order valence-electron chi connectivity index (χ0n) is 14.2. The molecule has 5 nitrogen and oxygen atoms in total. The fourth-order valence-electron chi connectivity index (χ4n) is 1.83. The van der Waals surface area contributed by atoms with Gasteiger partial charge in [0.2, 0.25) is 0 Å². The highest BCUT2D eigenvalue weighted by Gasteiger charge is 2.39. The third-order valence-electron chi connectivity index (χ3n) is 4.19. The van der Waals surface area contributed by atoms with E-state index >= 15 is 0 Å². The van der Waals surface area contributed by atoms with Crippen molar-refractivity contribution in [3.63, 3.8) is 0 Å². The summed E-state index contributed by atoms with van der Waals surface area (Å²) in [4.78, 5) is 21.9. The van der Waals surface area contributed by atoms with Crippen LogP contribution in [0, 0.1) is 10.1 Å². The van der Waals surface area contributed by atoms with Gasteiger partial charge in [-0.3, -0.25) is 14.9 Å². The van der Waals surface area contributed by atoms with E-state index in [1.807, 2.05) is 0 Å². The molecule has 0 aliphatic carbocycles. The first kappa shape index (κ1) is 18.5. The first-order chi connectivity index (χ1) is 9.94. The molecule has 1 unspecified atom stereocenters. The van der Waals surface area contributed by atoms with Crippen LogP contribution in [-0.2, 0) is 9.22 Å². The lowest BCUT2D eigenvalue weighted by atomic mass is 10.0. The Hall–Kier alpha value is -1.53. The average Bonchev–Trinajstić information content (AvgIpc) is 2.36. The fraction of sp³-hybridized carbons (Fsp3) is 0.562. The van der Waals surface area contributed by atoms with Crippen molar-refractivity contribution >= 4 is 19.8 Å². The maximum atomic E-state index is 11.6. The molecular weight excluding hydrogens is 298 g/mol. The molecule has 0 aliphatic heterocycles. The van der Waals surface area contributed by atoms with Crippen molar-refractivity contribution in [3.8, 4) is 0 Å². The van der Waals surface area contributed by atoms with E-state index < -0.39 is 13.2 Å². The second-order valence-corrected chi connectivity index (χ2v) is 11.9. The minimum Gasteiger partial charge on any atom is -0.409 e. The van der Waals surface area contributed by atoms with E-state index in [1.165, 1.54) is 19.1 Å². The molecule has 1 aromatic carbocycles. The van der Waals surface area contributed by atoms with Crippen LogP contribution in [0.5, 0.6) is 0 Å². The molecule has 0 radical (unpaired) electrons. The maximum Gasteiger partial charge on any atom is 0.269 e. The third kappa shape index (κ3) is 4.74. The Balaban J connectivity index is 3.08. The maximum absolute atomic E-state index is 11.6. The molecule has 0 bridgehead atoms. The number of benzene rings is 1. The van der Waals surface area contributed by atoms with Gasteiger partial charge in [-0.1, -0.05) is 20.8 Å². The Morgan fingerprint density at radius 3 is 2.14 bits per heavy atom. The molecule has 0 spiro atoms. The monoisotopic (exact) mass is 323 g/mol. The van der Waals surface area contributed by atoms with Gasteiger partial charge in [0.25, 0.3) is 5.69 Å². The van der Waals surface area contributed by atoms with E-state index in [-0.39, 0.29) is 29.0 Å².